The molecule has 0 radical (unpaired) electrons. The number of unbranched alkanes of at least 4 members (excludes halogenated alkanes) is 11. The Morgan fingerprint density at radius 3 is 1.05 bits per heavy atom. The molecule has 120 valence electrons. The molecule has 0 amide bonds. The molecule has 3 N–H and O–H groups in total. The molecular weight excluding hydrogens is 254 g/mol. The molecule has 0 saturated carbocycles. The fourth-order valence-electron chi connectivity index (χ4n) is 1.76. The van der Waals surface area contributed by atoms with Crippen molar-refractivity contribution in [3.05, 3.63) is 0 Å². The molecule has 19 heavy (non-hydrogen) atoms. The Kier molecular flexibility index (Phi) is 34.2. The van der Waals surface area contributed by atoms with E-state index in [1.807, 2.05) is 0 Å². The van der Waals surface area contributed by atoms with Gasteiger partial charge in [-0.1, -0.05) is 97.8 Å². The number of alkyl halides is 1. The summed E-state index contributed by atoms with van der Waals surface area (Å²) in [4.78, 5) is 0. The molecule has 0 aliphatic carbocycles. The molecule has 0 aromatic carbocycles. The molecule has 0 aromatic heterocycles. The second kappa shape index (κ2) is 26.7. The van der Waals surface area contributed by atoms with Crippen LogP contribution >= 0.6 is 11.6 Å². The van der Waals surface area contributed by atoms with E-state index in [9.17, 15) is 0 Å². The van der Waals surface area contributed by atoms with Gasteiger partial charge in [0.15, 0.2) is 0 Å². The lowest BCUT2D eigenvalue weighted by Gasteiger charge is -2.01. The minimum absolute atomic E-state index is 0. The van der Waals surface area contributed by atoms with Crippen LogP contribution in [-0.2, 0) is 0 Å². The number of rotatable bonds is 12. The lowest BCUT2D eigenvalue weighted by atomic mass is 10.1. The van der Waals surface area contributed by atoms with E-state index in [0.29, 0.717) is 0 Å². The lowest BCUT2D eigenvalue weighted by molar-refractivity contribution is 0.555. The van der Waals surface area contributed by atoms with E-state index in [2.05, 4.69) is 20.8 Å². The molecule has 0 rings (SSSR count). The van der Waals surface area contributed by atoms with Crippen LogP contribution in [0.15, 0.2) is 0 Å². The summed E-state index contributed by atoms with van der Waals surface area (Å²) < 4.78 is 0. The smallest absolute Gasteiger partial charge is 0.0223 e. The van der Waals surface area contributed by atoms with Gasteiger partial charge in [-0.15, -0.1) is 11.6 Å². The van der Waals surface area contributed by atoms with Crippen LogP contribution in [0, 0.1) is 0 Å². The molecule has 0 bridgehead atoms. The van der Waals surface area contributed by atoms with Crippen molar-refractivity contribution in [3.8, 4) is 0 Å². The molecule has 0 aromatic rings. The Labute approximate surface area is 128 Å². The molecule has 0 aliphatic rings. The second-order valence-corrected chi connectivity index (χ2v) is 5.60. The Bertz CT molecular complexity index is 104. The zero-order valence-corrected chi connectivity index (χ0v) is 14.7. The van der Waals surface area contributed by atoms with Gasteiger partial charge in [0.05, 0.1) is 0 Å². The topological polar surface area (TPSA) is 35.0 Å². The van der Waals surface area contributed by atoms with E-state index in [4.69, 9.17) is 11.6 Å². The Morgan fingerprint density at radius 2 is 0.789 bits per heavy atom. The third kappa shape index (κ3) is 32.1. The van der Waals surface area contributed by atoms with Crippen LogP contribution in [0.1, 0.15) is 104 Å². The van der Waals surface area contributed by atoms with Crippen LogP contribution in [0.25, 0.3) is 0 Å². The molecule has 0 unspecified atom stereocenters. The molecule has 0 saturated heterocycles. The molecule has 0 atom stereocenters. The van der Waals surface area contributed by atoms with Crippen LogP contribution in [-0.4, -0.2) is 5.88 Å². The first-order valence-electron chi connectivity index (χ1n) is 8.39. The van der Waals surface area contributed by atoms with E-state index in [1.165, 1.54) is 83.5 Å². The highest BCUT2D eigenvalue weighted by atomic mass is 35.5. The van der Waals surface area contributed by atoms with Gasteiger partial charge in [-0.3, -0.25) is 0 Å². The van der Waals surface area contributed by atoms with Gasteiger partial charge < -0.3 is 6.15 Å². The SMILES string of the molecule is CCCC.CCCCCCCCCCCCCCl.N. The van der Waals surface area contributed by atoms with Gasteiger partial charge in [0, 0.05) is 5.88 Å². The quantitative estimate of drug-likeness (QED) is 0.293. The highest BCUT2D eigenvalue weighted by Gasteiger charge is 1.91. The zero-order chi connectivity index (χ0) is 13.9. The van der Waals surface area contributed by atoms with Crippen molar-refractivity contribution in [1.29, 1.82) is 0 Å². The van der Waals surface area contributed by atoms with Gasteiger partial charge in [0.25, 0.3) is 0 Å². The fraction of sp³-hybridized carbons (Fsp3) is 1.00. The molecular formula is C17H40ClN. The van der Waals surface area contributed by atoms with Crippen LogP contribution in [0.2, 0.25) is 0 Å². The van der Waals surface area contributed by atoms with Gasteiger partial charge >= 0.3 is 0 Å². The fourth-order valence-corrected chi connectivity index (χ4v) is 1.95. The Balaban J connectivity index is -0.000000448. The average Bonchev–Trinajstić information content (AvgIpc) is 2.41. The first kappa shape index (κ1) is 24.3. The van der Waals surface area contributed by atoms with Gasteiger partial charge in [-0.25, -0.2) is 0 Å². The van der Waals surface area contributed by atoms with Crippen molar-refractivity contribution < 1.29 is 0 Å². The Morgan fingerprint density at radius 1 is 0.474 bits per heavy atom. The van der Waals surface area contributed by atoms with E-state index < -0.39 is 0 Å². The molecule has 2 heteroatoms. The molecule has 1 nitrogen and oxygen atoms in total. The largest absolute Gasteiger partial charge is 0.344 e. The van der Waals surface area contributed by atoms with Gasteiger partial charge in [-0.2, -0.15) is 0 Å². The maximum Gasteiger partial charge on any atom is 0.0223 e. The summed E-state index contributed by atoms with van der Waals surface area (Å²) in [6.45, 7) is 6.64. The standard InChI is InChI=1S/C13H27Cl.C4H10.H3N/c1-2-3-4-5-6-7-8-9-10-11-12-13-14;1-3-4-2;/h2-13H2,1H3;3-4H2,1-2H3;1H3. The summed E-state index contributed by atoms with van der Waals surface area (Å²) in [5, 5.41) is 0. The van der Waals surface area contributed by atoms with Crippen LogP contribution in [0.3, 0.4) is 0 Å². The van der Waals surface area contributed by atoms with Crippen molar-refractivity contribution in [3.63, 3.8) is 0 Å². The first-order chi connectivity index (χ1) is 8.83. The van der Waals surface area contributed by atoms with Crippen molar-refractivity contribution in [1.82, 2.24) is 6.15 Å². The minimum Gasteiger partial charge on any atom is -0.344 e. The summed E-state index contributed by atoms with van der Waals surface area (Å²) in [6.07, 6.45) is 18.0. The second-order valence-electron chi connectivity index (χ2n) is 5.22. The van der Waals surface area contributed by atoms with Crippen molar-refractivity contribution >= 4 is 11.6 Å². The van der Waals surface area contributed by atoms with Crippen molar-refractivity contribution in [2.24, 2.45) is 0 Å². The zero-order valence-electron chi connectivity index (χ0n) is 14.0. The predicted molar refractivity (Wildman–Crippen MR) is 92.8 cm³/mol. The van der Waals surface area contributed by atoms with Gasteiger partial charge in [-0.05, 0) is 6.42 Å². The van der Waals surface area contributed by atoms with Crippen LogP contribution in [0.4, 0.5) is 0 Å². The van der Waals surface area contributed by atoms with E-state index in [0.717, 1.165) is 5.88 Å². The maximum atomic E-state index is 5.61. The summed E-state index contributed by atoms with van der Waals surface area (Å²) in [5.41, 5.74) is 0. The first-order valence-corrected chi connectivity index (χ1v) is 8.92. The average molecular weight is 294 g/mol. The number of hydrogen-bond donors (Lipinski definition) is 1. The highest BCUT2D eigenvalue weighted by molar-refractivity contribution is 6.17. The molecule has 0 aliphatic heterocycles. The van der Waals surface area contributed by atoms with E-state index in [1.54, 1.807) is 0 Å². The maximum absolute atomic E-state index is 5.61. The predicted octanol–water partition coefficient (Wildman–Crippen LogP) is 7.50. The lowest BCUT2D eigenvalue weighted by Crippen LogP contribution is -1.82. The van der Waals surface area contributed by atoms with Crippen LogP contribution < -0.4 is 6.15 Å². The number of hydrogen-bond acceptors (Lipinski definition) is 1. The highest BCUT2D eigenvalue weighted by Crippen LogP contribution is 2.11. The van der Waals surface area contributed by atoms with Crippen molar-refractivity contribution in [2.45, 2.75) is 104 Å². The summed E-state index contributed by atoms with van der Waals surface area (Å²) in [7, 11) is 0. The minimum atomic E-state index is 0. The van der Waals surface area contributed by atoms with Gasteiger partial charge in [0.1, 0.15) is 0 Å². The molecule has 0 spiro atoms. The monoisotopic (exact) mass is 293 g/mol. The van der Waals surface area contributed by atoms with E-state index in [-0.39, 0.29) is 6.15 Å². The normalized spacial score (nSPS) is 9.47. The molecule has 0 fully saturated rings. The third-order valence-electron chi connectivity index (χ3n) is 3.24. The van der Waals surface area contributed by atoms with E-state index >= 15 is 0 Å². The number of halogens is 1. The third-order valence-corrected chi connectivity index (χ3v) is 3.50. The molecule has 0 heterocycles. The summed E-state index contributed by atoms with van der Waals surface area (Å²) in [5.74, 6) is 0.844. The van der Waals surface area contributed by atoms with Gasteiger partial charge in [0.2, 0.25) is 0 Å². The summed E-state index contributed by atoms with van der Waals surface area (Å²) in [6, 6.07) is 0. The van der Waals surface area contributed by atoms with Crippen molar-refractivity contribution in [2.75, 3.05) is 5.88 Å². The van der Waals surface area contributed by atoms with Crippen LogP contribution in [0.5, 0.6) is 0 Å². The summed E-state index contributed by atoms with van der Waals surface area (Å²) >= 11 is 5.61. The Hall–Kier alpha value is 0.250.